The molecule has 0 aromatic carbocycles. The Kier molecular flexibility index (Phi) is 2.07. The maximum absolute atomic E-state index is 12.1. The summed E-state index contributed by atoms with van der Waals surface area (Å²) < 4.78 is 5.37. The summed E-state index contributed by atoms with van der Waals surface area (Å²) in [7, 11) is 0. The highest BCUT2D eigenvalue weighted by atomic mass is 16.6. The van der Waals surface area contributed by atoms with Gasteiger partial charge in [0.2, 0.25) is 0 Å². The van der Waals surface area contributed by atoms with Crippen molar-refractivity contribution in [2.75, 3.05) is 0 Å². The molecular weight excluding hydrogens is 232 g/mol. The third-order valence-corrected chi connectivity index (χ3v) is 5.73. The molecule has 0 radical (unpaired) electrons. The van der Waals surface area contributed by atoms with Gasteiger partial charge in [-0.1, -0.05) is 26.0 Å². The van der Waals surface area contributed by atoms with E-state index < -0.39 is 17.4 Å². The molecule has 3 fully saturated rings. The number of carbonyl (C=O) groups excluding carboxylic acids is 1. The van der Waals surface area contributed by atoms with Crippen molar-refractivity contribution in [2.24, 2.45) is 22.7 Å². The van der Waals surface area contributed by atoms with Gasteiger partial charge in [-0.25, -0.2) is 0 Å². The molecule has 5 atom stereocenters. The third-order valence-electron chi connectivity index (χ3n) is 5.73. The van der Waals surface area contributed by atoms with Crippen LogP contribution >= 0.6 is 0 Å². The van der Waals surface area contributed by atoms with Crippen molar-refractivity contribution in [3.8, 4) is 0 Å². The summed E-state index contributed by atoms with van der Waals surface area (Å²) in [4.78, 5) is 23.7. The van der Waals surface area contributed by atoms with Gasteiger partial charge in [0.25, 0.3) is 0 Å². The number of aliphatic carboxylic acids is 1. The van der Waals surface area contributed by atoms with Crippen LogP contribution in [-0.4, -0.2) is 23.1 Å². The number of fused-ring (bicyclic) bond motifs is 1. The second kappa shape index (κ2) is 3.16. The number of esters is 1. The van der Waals surface area contributed by atoms with Gasteiger partial charge in [-0.3, -0.25) is 9.59 Å². The van der Waals surface area contributed by atoms with Crippen molar-refractivity contribution in [1.82, 2.24) is 0 Å². The first-order chi connectivity index (χ1) is 8.34. The smallest absolute Gasteiger partial charge is 0.324 e. The molecule has 3 rings (SSSR count). The first-order valence-electron chi connectivity index (χ1n) is 6.48. The van der Waals surface area contributed by atoms with E-state index in [1.807, 2.05) is 0 Å². The zero-order chi connectivity index (χ0) is 13.3. The molecule has 4 unspecified atom stereocenters. The molecule has 0 aromatic heterocycles. The molecule has 3 aliphatic rings. The van der Waals surface area contributed by atoms with E-state index in [9.17, 15) is 14.7 Å². The van der Waals surface area contributed by atoms with Crippen molar-refractivity contribution >= 4 is 11.9 Å². The maximum atomic E-state index is 12.1. The second-order valence-corrected chi connectivity index (χ2v) is 6.28. The van der Waals surface area contributed by atoms with E-state index in [4.69, 9.17) is 4.74 Å². The molecule has 98 valence electrons. The summed E-state index contributed by atoms with van der Waals surface area (Å²) >= 11 is 0. The third kappa shape index (κ3) is 1.03. The fourth-order valence-electron chi connectivity index (χ4n) is 4.19. The predicted molar refractivity (Wildman–Crippen MR) is 63.7 cm³/mol. The number of rotatable bonds is 1. The summed E-state index contributed by atoms with van der Waals surface area (Å²) in [6, 6.07) is 0. The Morgan fingerprint density at radius 3 is 2.78 bits per heavy atom. The molecule has 0 amide bonds. The van der Waals surface area contributed by atoms with E-state index in [0.29, 0.717) is 18.8 Å². The molecule has 0 spiro atoms. The van der Waals surface area contributed by atoms with E-state index in [0.717, 1.165) is 12.0 Å². The van der Waals surface area contributed by atoms with Gasteiger partial charge in [-0.15, -0.1) is 0 Å². The van der Waals surface area contributed by atoms with Crippen LogP contribution in [0.4, 0.5) is 0 Å². The highest BCUT2D eigenvalue weighted by Gasteiger charge is 2.70. The Bertz CT molecular complexity index is 468. The molecule has 0 aromatic rings. The molecule has 18 heavy (non-hydrogen) atoms. The minimum atomic E-state index is -1.36. The largest absolute Gasteiger partial charge is 0.480 e. The lowest BCUT2D eigenvalue weighted by Gasteiger charge is -2.53. The van der Waals surface area contributed by atoms with Crippen molar-refractivity contribution in [3.63, 3.8) is 0 Å². The summed E-state index contributed by atoms with van der Waals surface area (Å²) in [5.41, 5.74) is -0.499. The van der Waals surface area contributed by atoms with Crippen LogP contribution in [-0.2, 0) is 14.3 Å². The van der Waals surface area contributed by atoms with E-state index >= 15 is 0 Å². The van der Waals surface area contributed by atoms with Gasteiger partial charge in [0.1, 0.15) is 6.10 Å². The average Bonchev–Trinajstić information content (AvgIpc) is 2.58. The van der Waals surface area contributed by atoms with Crippen LogP contribution < -0.4 is 0 Å². The quantitative estimate of drug-likeness (QED) is 0.439. The number of hydrogen-bond acceptors (Lipinski definition) is 3. The summed E-state index contributed by atoms with van der Waals surface area (Å²) in [6.45, 7) is 8.41. The van der Waals surface area contributed by atoms with Crippen molar-refractivity contribution in [1.29, 1.82) is 0 Å². The van der Waals surface area contributed by atoms with Crippen LogP contribution in [0, 0.1) is 22.7 Å². The molecule has 1 heterocycles. The van der Waals surface area contributed by atoms with Gasteiger partial charge < -0.3 is 9.84 Å². The second-order valence-electron chi connectivity index (χ2n) is 6.28. The highest BCUT2D eigenvalue weighted by Crippen LogP contribution is 2.64. The first kappa shape index (κ1) is 11.8. The molecule has 2 saturated carbocycles. The highest BCUT2D eigenvalue weighted by molar-refractivity contribution is 6.02. The normalized spacial score (nSPS) is 50.0. The Labute approximate surface area is 106 Å². The van der Waals surface area contributed by atoms with Gasteiger partial charge in [-0.2, -0.15) is 0 Å². The standard InChI is InChI=1S/C14H18O4/c1-7-6-9-10-8(2)13(7,3)4-5-14(10,11(15)16)12(17)18-9/h7,9-10H,2,4-6H2,1,3H3,(H,15,16)/t7-,9?,10?,13?,14?/m0/s1. The lowest BCUT2D eigenvalue weighted by atomic mass is 9.48. The van der Waals surface area contributed by atoms with Gasteiger partial charge in [-0.05, 0) is 30.6 Å². The monoisotopic (exact) mass is 250 g/mol. The number of carbonyl (C=O) groups is 2. The fourth-order valence-corrected chi connectivity index (χ4v) is 4.19. The van der Waals surface area contributed by atoms with Crippen LogP contribution in [0.2, 0.25) is 0 Å². The molecule has 2 aliphatic carbocycles. The van der Waals surface area contributed by atoms with Crippen molar-refractivity contribution < 1.29 is 19.4 Å². The Hall–Kier alpha value is -1.32. The Morgan fingerprint density at radius 1 is 1.50 bits per heavy atom. The van der Waals surface area contributed by atoms with Gasteiger partial charge in [0.05, 0.1) is 0 Å². The molecule has 1 N–H and O–H groups in total. The van der Waals surface area contributed by atoms with Crippen molar-refractivity contribution in [3.05, 3.63) is 12.2 Å². The van der Waals surface area contributed by atoms with Crippen LogP contribution in [0.25, 0.3) is 0 Å². The number of hydrogen-bond donors (Lipinski definition) is 1. The predicted octanol–water partition coefficient (Wildman–Crippen LogP) is 2.00. The SMILES string of the molecule is C=C1C2C3C[C@H](C)C1(C)CCC2(C(=O)O)C(=O)O3. The minimum absolute atomic E-state index is 0.0475. The van der Waals surface area contributed by atoms with Gasteiger partial charge in [0, 0.05) is 5.92 Å². The molecule has 4 nitrogen and oxygen atoms in total. The zero-order valence-electron chi connectivity index (χ0n) is 10.7. The van der Waals surface area contributed by atoms with Crippen LogP contribution in [0.5, 0.6) is 0 Å². The molecular formula is C14H18O4. The lowest BCUT2D eigenvalue weighted by molar-refractivity contribution is -0.163. The van der Waals surface area contributed by atoms with E-state index in [1.54, 1.807) is 0 Å². The lowest BCUT2D eigenvalue weighted by Crippen LogP contribution is -2.54. The first-order valence-corrected chi connectivity index (χ1v) is 6.48. The van der Waals surface area contributed by atoms with E-state index in [1.165, 1.54) is 0 Å². The summed E-state index contributed by atoms with van der Waals surface area (Å²) in [6.07, 6.45) is 1.55. The van der Waals surface area contributed by atoms with E-state index in [-0.39, 0.29) is 17.4 Å². The maximum Gasteiger partial charge on any atom is 0.324 e. The molecule has 1 saturated heterocycles. The summed E-state index contributed by atoms with van der Waals surface area (Å²) in [5.74, 6) is -1.55. The number of carboxylic acid groups (broad SMARTS) is 1. The zero-order valence-corrected chi connectivity index (χ0v) is 10.7. The van der Waals surface area contributed by atoms with Gasteiger partial charge >= 0.3 is 11.9 Å². The van der Waals surface area contributed by atoms with Crippen molar-refractivity contribution in [2.45, 2.75) is 39.2 Å². The number of carboxylic acids is 1. The molecule has 1 aliphatic heterocycles. The minimum Gasteiger partial charge on any atom is -0.480 e. The number of ether oxygens (including phenoxy) is 1. The topological polar surface area (TPSA) is 63.6 Å². The van der Waals surface area contributed by atoms with Crippen LogP contribution in [0.15, 0.2) is 12.2 Å². The summed E-state index contributed by atoms with van der Waals surface area (Å²) in [5, 5.41) is 9.52. The van der Waals surface area contributed by atoms with Crippen LogP contribution in [0.3, 0.4) is 0 Å². The Balaban J connectivity index is 2.16. The molecule has 2 bridgehead atoms. The van der Waals surface area contributed by atoms with Crippen LogP contribution in [0.1, 0.15) is 33.1 Å². The molecule has 4 heteroatoms. The average molecular weight is 250 g/mol. The van der Waals surface area contributed by atoms with E-state index in [2.05, 4.69) is 20.4 Å². The fraction of sp³-hybridized carbons (Fsp3) is 0.714. The van der Waals surface area contributed by atoms with Gasteiger partial charge in [0.15, 0.2) is 5.41 Å². The Morgan fingerprint density at radius 2 is 2.17 bits per heavy atom.